The summed E-state index contributed by atoms with van der Waals surface area (Å²) >= 11 is 1.16. The largest absolute Gasteiger partial charge is 0.465 e. The average Bonchev–Trinajstić information content (AvgIpc) is 2.68. The van der Waals surface area contributed by atoms with Crippen molar-refractivity contribution in [3.05, 3.63) is 24.4 Å². The minimum absolute atomic E-state index is 0.175. The Bertz CT molecular complexity index is 788. The highest BCUT2D eigenvalue weighted by atomic mass is 32.2. The van der Waals surface area contributed by atoms with E-state index < -0.39 is 53.5 Å². The topological polar surface area (TPSA) is 127 Å². The molecule has 1 fully saturated rings. The molecule has 0 spiro atoms. The van der Waals surface area contributed by atoms with Crippen LogP contribution in [0.1, 0.15) is 27.7 Å². The van der Waals surface area contributed by atoms with Crippen LogP contribution in [0.5, 0.6) is 0 Å². The van der Waals surface area contributed by atoms with E-state index in [4.69, 9.17) is 23.7 Å². The molecule has 1 aromatic heterocycles. The number of pyridine rings is 1. The maximum Gasteiger partial charge on any atom is 0.303 e. The maximum absolute atomic E-state index is 11.8. The fourth-order valence-electron chi connectivity index (χ4n) is 3.03. The van der Waals surface area contributed by atoms with Crippen LogP contribution in [0.4, 0.5) is 0 Å². The fourth-order valence-corrected chi connectivity index (χ4v) is 4.09. The molecule has 31 heavy (non-hydrogen) atoms. The van der Waals surface area contributed by atoms with Gasteiger partial charge >= 0.3 is 23.9 Å². The number of rotatable bonds is 8. The number of aromatic nitrogens is 1. The Balaban J connectivity index is 2.40. The summed E-state index contributed by atoms with van der Waals surface area (Å²) in [6.07, 6.45) is -1.26. The molecule has 1 aliphatic rings. The smallest absolute Gasteiger partial charge is 0.303 e. The quantitative estimate of drug-likeness (QED) is 0.418. The zero-order valence-electron chi connectivity index (χ0n) is 17.6. The summed E-state index contributed by atoms with van der Waals surface area (Å²) in [5, 5.41) is 0.580. The normalized spacial score (nSPS) is 25.2. The number of hydrogen-bond donors (Lipinski definition) is 0. The van der Waals surface area contributed by atoms with E-state index in [9.17, 15) is 19.2 Å². The summed E-state index contributed by atoms with van der Waals surface area (Å²) in [7, 11) is 0. The Labute approximate surface area is 183 Å². The zero-order chi connectivity index (χ0) is 23.0. The first-order valence-corrected chi connectivity index (χ1v) is 10.4. The summed E-state index contributed by atoms with van der Waals surface area (Å²) < 4.78 is 27.3. The third kappa shape index (κ3) is 7.83. The Hall–Kier alpha value is -2.66. The lowest BCUT2D eigenvalue weighted by Gasteiger charge is -2.44. The predicted octanol–water partition coefficient (Wildman–Crippen LogP) is 1.50. The van der Waals surface area contributed by atoms with Gasteiger partial charge in [0, 0.05) is 33.9 Å². The van der Waals surface area contributed by atoms with Crippen LogP contribution in [-0.2, 0) is 42.9 Å². The van der Waals surface area contributed by atoms with Crippen LogP contribution < -0.4 is 0 Å². The second kappa shape index (κ2) is 11.7. The van der Waals surface area contributed by atoms with Crippen molar-refractivity contribution < 1.29 is 42.9 Å². The second-order valence-corrected chi connectivity index (χ2v) is 7.86. The molecular weight excluding hydrogens is 430 g/mol. The lowest BCUT2D eigenvalue weighted by atomic mass is 9.90. The van der Waals surface area contributed by atoms with Crippen molar-refractivity contribution in [2.45, 2.75) is 56.5 Å². The summed E-state index contributed by atoms with van der Waals surface area (Å²) in [6.45, 7) is 4.54. The highest BCUT2D eigenvalue weighted by molar-refractivity contribution is 7.99. The molecule has 0 aliphatic carbocycles. The highest BCUT2D eigenvalue weighted by Gasteiger charge is 2.51. The van der Waals surface area contributed by atoms with Crippen molar-refractivity contribution in [2.75, 3.05) is 13.2 Å². The molecule has 0 radical (unpaired) electrons. The Morgan fingerprint density at radius 3 is 2.06 bits per heavy atom. The molecule has 2 heterocycles. The van der Waals surface area contributed by atoms with E-state index in [1.54, 1.807) is 24.4 Å². The molecule has 0 unspecified atom stereocenters. The predicted molar refractivity (Wildman–Crippen MR) is 107 cm³/mol. The molecule has 1 aliphatic heterocycles. The third-order valence-electron chi connectivity index (χ3n) is 4.21. The molecule has 5 atom stereocenters. The monoisotopic (exact) mass is 455 g/mol. The Morgan fingerprint density at radius 2 is 1.52 bits per heavy atom. The van der Waals surface area contributed by atoms with E-state index in [-0.39, 0.29) is 13.2 Å². The number of nitrogens with zero attached hydrogens (tertiary/aromatic N) is 1. The number of thioether (sulfide) groups is 1. The van der Waals surface area contributed by atoms with Crippen molar-refractivity contribution in [1.29, 1.82) is 0 Å². The summed E-state index contributed by atoms with van der Waals surface area (Å²) in [6, 6.07) is 5.27. The molecule has 11 heteroatoms. The van der Waals surface area contributed by atoms with Crippen molar-refractivity contribution in [1.82, 2.24) is 4.98 Å². The van der Waals surface area contributed by atoms with Crippen LogP contribution in [0.3, 0.4) is 0 Å². The van der Waals surface area contributed by atoms with Gasteiger partial charge in [0.15, 0.2) is 12.2 Å². The molecule has 1 aromatic rings. The van der Waals surface area contributed by atoms with Gasteiger partial charge in [-0.3, -0.25) is 19.2 Å². The molecule has 1 saturated heterocycles. The van der Waals surface area contributed by atoms with Crippen LogP contribution >= 0.6 is 11.8 Å². The zero-order valence-corrected chi connectivity index (χ0v) is 18.5. The van der Waals surface area contributed by atoms with Crippen molar-refractivity contribution in [2.24, 2.45) is 5.92 Å². The Morgan fingerprint density at radius 1 is 0.903 bits per heavy atom. The molecule has 2 rings (SSSR count). The first-order chi connectivity index (χ1) is 14.7. The van der Waals surface area contributed by atoms with Crippen LogP contribution in [0, 0.1) is 5.92 Å². The summed E-state index contributed by atoms with van der Waals surface area (Å²) in [5.74, 6) is -3.07. The van der Waals surface area contributed by atoms with Gasteiger partial charge in [-0.15, -0.1) is 0 Å². The molecule has 0 amide bonds. The Kier molecular flexibility index (Phi) is 9.25. The lowest BCUT2D eigenvalue weighted by molar-refractivity contribution is -0.222. The van der Waals surface area contributed by atoms with E-state index in [2.05, 4.69) is 4.98 Å². The first-order valence-electron chi connectivity index (χ1n) is 9.51. The van der Waals surface area contributed by atoms with Crippen LogP contribution in [0.25, 0.3) is 0 Å². The number of carbonyl (C=O) groups excluding carboxylic acids is 4. The van der Waals surface area contributed by atoms with Crippen molar-refractivity contribution in [3.63, 3.8) is 0 Å². The molecule has 0 aromatic carbocycles. The maximum atomic E-state index is 11.8. The standard InChI is InChI=1S/C20H25NO9S/c1-11(22)26-9-15-16(10-27-12(2)23)30-20(31-17-7-5-6-8-21-17)19(29-14(4)25)18(15)28-13(3)24/h5-8,15-16,18-20H,9-10H2,1-4H3/t15-,16-,18+,19+,20-/m1/s1. The van der Waals surface area contributed by atoms with Crippen molar-refractivity contribution in [3.8, 4) is 0 Å². The molecule has 0 saturated carbocycles. The number of carbonyl (C=O) groups is 4. The van der Waals surface area contributed by atoms with E-state index in [0.717, 1.165) is 11.8 Å². The molecule has 170 valence electrons. The van der Waals surface area contributed by atoms with Gasteiger partial charge in [-0.25, -0.2) is 4.98 Å². The fraction of sp³-hybridized carbons (Fsp3) is 0.550. The summed E-state index contributed by atoms with van der Waals surface area (Å²) in [4.78, 5) is 50.7. The number of hydrogen-bond acceptors (Lipinski definition) is 11. The first kappa shape index (κ1) is 24.6. The molecule has 10 nitrogen and oxygen atoms in total. The van der Waals surface area contributed by atoms with Gasteiger partial charge in [-0.05, 0) is 12.1 Å². The highest BCUT2D eigenvalue weighted by Crippen LogP contribution is 2.38. The SMILES string of the molecule is CC(=O)OC[C@H]1[C@H](OC(C)=O)[C@H](OC(C)=O)[C@@H](Sc2ccccn2)O[C@@H]1COC(C)=O. The van der Waals surface area contributed by atoms with Gasteiger partial charge in [-0.1, -0.05) is 17.8 Å². The van der Waals surface area contributed by atoms with E-state index in [0.29, 0.717) is 5.03 Å². The van der Waals surface area contributed by atoms with Gasteiger partial charge in [0.05, 0.1) is 10.9 Å². The average molecular weight is 455 g/mol. The van der Waals surface area contributed by atoms with E-state index >= 15 is 0 Å². The molecular formula is C20H25NO9S. The van der Waals surface area contributed by atoms with Gasteiger partial charge in [0.1, 0.15) is 24.8 Å². The van der Waals surface area contributed by atoms with Gasteiger partial charge in [0.2, 0.25) is 0 Å². The van der Waals surface area contributed by atoms with Gasteiger partial charge in [-0.2, -0.15) is 0 Å². The number of esters is 4. The lowest BCUT2D eigenvalue weighted by Crippen LogP contribution is -2.58. The summed E-state index contributed by atoms with van der Waals surface area (Å²) in [5.41, 5.74) is -0.836. The third-order valence-corrected chi connectivity index (χ3v) is 5.30. The van der Waals surface area contributed by atoms with Gasteiger partial charge < -0.3 is 23.7 Å². The number of ether oxygens (including phenoxy) is 5. The van der Waals surface area contributed by atoms with Crippen LogP contribution in [0.15, 0.2) is 29.4 Å². The van der Waals surface area contributed by atoms with Crippen LogP contribution in [-0.4, -0.2) is 65.8 Å². The molecule has 0 N–H and O–H groups in total. The minimum Gasteiger partial charge on any atom is -0.465 e. The van der Waals surface area contributed by atoms with E-state index in [1.807, 2.05) is 0 Å². The van der Waals surface area contributed by atoms with Gasteiger partial charge in [0.25, 0.3) is 0 Å². The minimum atomic E-state index is -1.03. The second-order valence-electron chi connectivity index (χ2n) is 6.75. The molecule has 0 bridgehead atoms. The van der Waals surface area contributed by atoms with Crippen molar-refractivity contribution >= 4 is 35.6 Å². The van der Waals surface area contributed by atoms with E-state index in [1.165, 1.54) is 27.7 Å². The van der Waals surface area contributed by atoms with Crippen LogP contribution in [0.2, 0.25) is 0 Å².